The number of hydrogen-bond acceptors (Lipinski definition) is 4. The van der Waals surface area contributed by atoms with Gasteiger partial charge in [-0.3, -0.25) is 0 Å². The summed E-state index contributed by atoms with van der Waals surface area (Å²) in [6.07, 6.45) is 1.18. The molecule has 0 aliphatic heterocycles. The molecule has 0 spiro atoms. The van der Waals surface area contributed by atoms with Crippen LogP contribution in [0.4, 0.5) is 0 Å². The van der Waals surface area contributed by atoms with E-state index in [0.717, 1.165) is 5.69 Å². The predicted octanol–water partition coefficient (Wildman–Crippen LogP) is 3.47. The Morgan fingerprint density at radius 2 is 2.00 bits per heavy atom. The third-order valence-electron chi connectivity index (χ3n) is 3.92. The average Bonchev–Trinajstić information content (AvgIpc) is 3.06. The summed E-state index contributed by atoms with van der Waals surface area (Å²) in [6.45, 7) is 4.29. The molecule has 4 heteroatoms. The van der Waals surface area contributed by atoms with E-state index in [1.807, 2.05) is 0 Å². The quantitative estimate of drug-likeness (QED) is 0.928. The number of benzene rings is 1. The van der Waals surface area contributed by atoms with Crippen LogP contribution in [-0.4, -0.2) is 9.59 Å². The van der Waals surface area contributed by atoms with Crippen molar-refractivity contribution >= 4 is 11.5 Å². The smallest absolute Gasteiger partial charge is 0.0829 e. The molecular formula is C15H19N3S. The normalized spacial score (nSPS) is 23.6. The summed E-state index contributed by atoms with van der Waals surface area (Å²) in [5.74, 6) is 1.55. The van der Waals surface area contributed by atoms with Crippen molar-refractivity contribution < 1.29 is 0 Å². The van der Waals surface area contributed by atoms with E-state index in [1.165, 1.54) is 28.4 Å². The first-order valence-electron chi connectivity index (χ1n) is 6.81. The highest BCUT2D eigenvalue weighted by Crippen LogP contribution is 2.54. The zero-order chi connectivity index (χ0) is 13.4. The SMILES string of the molecule is CC(C)c1nnsc1C(N)C1CC1c1ccccc1. The van der Waals surface area contributed by atoms with Crippen molar-refractivity contribution in [3.8, 4) is 0 Å². The third-order valence-corrected chi connectivity index (χ3v) is 4.76. The minimum absolute atomic E-state index is 0.0857. The summed E-state index contributed by atoms with van der Waals surface area (Å²) in [6, 6.07) is 10.7. The summed E-state index contributed by atoms with van der Waals surface area (Å²) in [5.41, 5.74) is 8.93. The van der Waals surface area contributed by atoms with Gasteiger partial charge >= 0.3 is 0 Å². The summed E-state index contributed by atoms with van der Waals surface area (Å²) in [5, 5.41) is 4.23. The zero-order valence-corrected chi connectivity index (χ0v) is 12.1. The van der Waals surface area contributed by atoms with E-state index in [2.05, 4.69) is 53.8 Å². The Kier molecular flexibility index (Phi) is 3.37. The molecule has 3 atom stereocenters. The molecular weight excluding hydrogens is 254 g/mol. The maximum atomic E-state index is 6.44. The Hall–Kier alpha value is -1.26. The van der Waals surface area contributed by atoms with E-state index in [-0.39, 0.29) is 6.04 Å². The molecule has 0 radical (unpaired) electrons. The van der Waals surface area contributed by atoms with Gasteiger partial charge in [0.2, 0.25) is 0 Å². The zero-order valence-electron chi connectivity index (χ0n) is 11.3. The van der Waals surface area contributed by atoms with E-state index >= 15 is 0 Å². The van der Waals surface area contributed by atoms with Crippen LogP contribution >= 0.6 is 11.5 Å². The van der Waals surface area contributed by atoms with Gasteiger partial charge in [0, 0.05) is 6.04 Å². The van der Waals surface area contributed by atoms with Crippen LogP contribution in [0, 0.1) is 5.92 Å². The maximum absolute atomic E-state index is 6.44. The first kappa shape index (κ1) is 12.8. The van der Waals surface area contributed by atoms with Crippen molar-refractivity contribution in [1.29, 1.82) is 0 Å². The highest BCUT2D eigenvalue weighted by atomic mass is 32.1. The van der Waals surface area contributed by atoms with Gasteiger partial charge in [-0.05, 0) is 41.3 Å². The lowest BCUT2D eigenvalue weighted by molar-refractivity contribution is 0.611. The first-order valence-corrected chi connectivity index (χ1v) is 7.58. The van der Waals surface area contributed by atoms with Crippen molar-refractivity contribution in [2.24, 2.45) is 11.7 Å². The minimum Gasteiger partial charge on any atom is -0.323 e. The lowest BCUT2D eigenvalue weighted by atomic mass is 10.0. The van der Waals surface area contributed by atoms with Crippen LogP contribution in [0.2, 0.25) is 0 Å². The largest absolute Gasteiger partial charge is 0.323 e. The topological polar surface area (TPSA) is 51.8 Å². The summed E-state index contributed by atoms with van der Waals surface area (Å²) >= 11 is 1.47. The van der Waals surface area contributed by atoms with Gasteiger partial charge in [0.1, 0.15) is 0 Å². The number of nitrogens with zero attached hydrogens (tertiary/aromatic N) is 2. The standard InChI is InChI=1S/C15H19N3S/c1-9(2)14-15(19-18-17-14)13(16)12-8-11(12)10-6-4-3-5-7-10/h3-7,9,11-13H,8,16H2,1-2H3. The summed E-state index contributed by atoms with van der Waals surface area (Å²) in [7, 11) is 0. The molecule has 1 aromatic carbocycles. The molecule has 1 saturated carbocycles. The molecule has 1 aliphatic carbocycles. The fourth-order valence-electron chi connectivity index (χ4n) is 2.73. The number of hydrogen-bond donors (Lipinski definition) is 1. The van der Waals surface area contributed by atoms with Crippen molar-refractivity contribution in [1.82, 2.24) is 9.59 Å². The van der Waals surface area contributed by atoms with Gasteiger partial charge < -0.3 is 5.73 Å². The van der Waals surface area contributed by atoms with Crippen molar-refractivity contribution in [3.05, 3.63) is 46.5 Å². The number of nitrogens with two attached hydrogens (primary N) is 1. The third kappa shape index (κ3) is 2.42. The Morgan fingerprint density at radius 3 is 2.68 bits per heavy atom. The van der Waals surface area contributed by atoms with Gasteiger partial charge in [0.05, 0.1) is 10.6 Å². The molecule has 3 nitrogen and oxygen atoms in total. The van der Waals surface area contributed by atoms with Crippen molar-refractivity contribution in [3.63, 3.8) is 0 Å². The van der Waals surface area contributed by atoms with Crippen LogP contribution in [0.25, 0.3) is 0 Å². The molecule has 2 N–H and O–H groups in total. The lowest BCUT2D eigenvalue weighted by Gasteiger charge is -2.12. The number of aromatic nitrogens is 2. The Bertz CT molecular complexity index is 550. The molecule has 0 bridgehead atoms. The second kappa shape index (κ2) is 5.02. The second-order valence-electron chi connectivity index (χ2n) is 5.62. The Balaban J connectivity index is 1.76. The van der Waals surface area contributed by atoms with Gasteiger partial charge in [0.15, 0.2) is 0 Å². The second-order valence-corrected chi connectivity index (χ2v) is 6.41. The fraction of sp³-hybridized carbons (Fsp3) is 0.467. The molecule has 100 valence electrons. The van der Waals surface area contributed by atoms with Crippen LogP contribution in [-0.2, 0) is 0 Å². The molecule has 2 aromatic rings. The van der Waals surface area contributed by atoms with Gasteiger partial charge in [-0.25, -0.2) is 0 Å². The average molecular weight is 273 g/mol. The van der Waals surface area contributed by atoms with Crippen LogP contribution in [0.15, 0.2) is 30.3 Å². The monoisotopic (exact) mass is 273 g/mol. The van der Waals surface area contributed by atoms with Crippen LogP contribution in [0.3, 0.4) is 0 Å². The van der Waals surface area contributed by atoms with E-state index < -0.39 is 0 Å². The van der Waals surface area contributed by atoms with Gasteiger partial charge in [-0.15, -0.1) is 5.10 Å². The molecule has 0 saturated heterocycles. The van der Waals surface area contributed by atoms with Gasteiger partial charge in [-0.2, -0.15) is 0 Å². The minimum atomic E-state index is 0.0857. The predicted molar refractivity (Wildman–Crippen MR) is 78.2 cm³/mol. The van der Waals surface area contributed by atoms with Crippen molar-refractivity contribution in [2.75, 3.05) is 0 Å². The first-order chi connectivity index (χ1) is 9.18. The van der Waals surface area contributed by atoms with E-state index in [9.17, 15) is 0 Å². The summed E-state index contributed by atoms with van der Waals surface area (Å²) < 4.78 is 4.08. The van der Waals surface area contributed by atoms with Crippen LogP contribution in [0.1, 0.15) is 54.3 Å². The Labute approximate surface area is 118 Å². The maximum Gasteiger partial charge on any atom is 0.0829 e. The fourth-order valence-corrected chi connectivity index (χ4v) is 3.61. The summed E-state index contributed by atoms with van der Waals surface area (Å²) in [4.78, 5) is 1.18. The van der Waals surface area contributed by atoms with Gasteiger partial charge in [0.25, 0.3) is 0 Å². The highest BCUT2D eigenvalue weighted by molar-refractivity contribution is 7.05. The van der Waals surface area contributed by atoms with Crippen LogP contribution in [0.5, 0.6) is 0 Å². The number of rotatable bonds is 4. The Morgan fingerprint density at radius 1 is 1.26 bits per heavy atom. The molecule has 0 amide bonds. The van der Waals surface area contributed by atoms with E-state index in [1.54, 1.807) is 0 Å². The molecule has 1 fully saturated rings. The van der Waals surface area contributed by atoms with E-state index in [0.29, 0.717) is 17.8 Å². The molecule has 1 aliphatic rings. The molecule has 19 heavy (non-hydrogen) atoms. The lowest BCUT2D eigenvalue weighted by Crippen LogP contribution is -2.14. The van der Waals surface area contributed by atoms with Gasteiger partial charge in [-0.1, -0.05) is 48.7 Å². The molecule has 3 unspecified atom stereocenters. The van der Waals surface area contributed by atoms with E-state index in [4.69, 9.17) is 5.73 Å². The highest BCUT2D eigenvalue weighted by Gasteiger charge is 2.44. The molecule has 1 heterocycles. The van der Waals surface area contributed by atoms with Crippen LogP contribution < -0.4 is 5.73 Å². The molecule has 3 rings (SSSR count). The molecule has 1 aromatic heterocycles. The van der Waals surface area contributed by atoms with Crippen molar-refractivity contribution in [2.45, 2.75) is 38.1 Å².